The SMILES string of the molecule is Cc1ccc(CN(C)CC(O)Cn2cc([N+](=O)[O-])cn2)o1. The molecule has 0 radical (unpaired) electrons. The molecule has 0 bridgehead atoms. The van der Waals surface area contributed by atoms with Crippen LogP contribution >= 0.6 is 0 Å². The fourth-order valence-electron chi connectivity index (χ4n) is 2.08. The first kappa shape index (κ1) is 15.2. The van der Waals surface area contributed by atoms with E-state index in [1.54, 1.807) is 0 Å². The molecule has 0 spiro atoms. The summed E-state index contributed by atoms with van der Waals surface area (Å²) >= 11 is 0. The maximum Gasteiger partial charge on any atom is 0.306 e. The highest BCUT2D eigenvalue weighted by molar-refractivity contribution is 5.20. The van der Waals surface area contributed by atoms with Crippen molar-refractivity contribution in [1.29, 1.82) is 0 Å². The molecule has 0 saturated carbocycles. The molecule has 1 atom stereocenters. The van der Waals surface area contributed by atoms with Crippen molar-refractivity contribution in [2.45, 2.75) is 26.1 Å². The highest BCUT2D eigenvalue weighted by atomic mass is 16.6. The zero-order chi connectivity index (χ0) is 15.4. The van der Waals surface area contributed by atoms with Gasteiger partial charge in [0, 0.05) is 6.54 Å². The van der Waals surface area contributed by atoms with Crippen LogP contribution in [0.3, 0.4) is 0 Å². The molecule has 21 heavy (non-hydrogen) atoms. The topological polar surface area (TPSA) is 97.6 Å². The van der Waals surface area contributed by atoms with Crippen LogP contribution in [0, 0.1) is 17.0 Å². The van der Waals surface area contributed by atoms with Gasteiger partial charge in [0.15, 0.2) is 0 Å². The molecule has 1 N–H and O–H groups in total. The lowest BCUT2D eigenvalue weighted by atomic mass is 10.3. The second-order valence-corrected chi connectivity index (χ2v) is 5.04. The second kappa shape index (κ2) is 6.51. The van der Waals surface area contributed by atoms with Gasteiger partial charge in [-0.25, -0.2) is 0 Å². The molecule has 0 aliphatic heterocycles. The van der Waals surface area contributed by atoms with Gasteiger partial charge in [0.25, 0.3) is 0 Å². The van der Waals surface area contributed by atoms with E-state index in [4.69, 9.17) is 4.42 Å². The number of aromatic nitrogens is 2. The first-order chi connectivity index (χ1) is 9.94. The standard InChI is InChI=1S/C13H18N4O4/c1-10-3-4-13(21-10)9-15(2)7-12(18)8-16-6-11(5-14-16)17(19)20/h3-6,12,18H,7-9H2,1-2H3. The van der Waals surface area contributed by atoms with Gasteiger partial charge in [0.05, 0.1) is 24.1 Å². The molecule has 0 aromatic carbocycles. The lowest BCUT2D eigenvalue weighted by molar-refractivity contribution is -0.385. The van der Waals surface area contributed by atoms with Crippen LogP contribution in [-0.4, -0.2) is 44.4 Å². The summed E-state index contributed by atoms with van der Waals surface area (Å²) in [5, 5.41) is 24.4. The van der Waals surface area contributed by atoms with Crippen molar-refractivity contribution in [2.24, 2.45) is 0 Å². The largest absolute Gasteiger partial charge is 0.465 e. The van der Waals surface area contributed by atoms with Gasteiger partial charge in [0.1, 0.15) is 23.9 Å². The number of nitrogens with zero attached hydrogens (tertiary/aromatic N) is 4. The van der Waals surface area contributed by atoms with Crippen LogP contribution in [0.25, 0.3) is 0 Å². The average molecular weight is 294 g/mol. The predicted molar refractivity (Wildman–Crippen MR) is 74.7 cm³/mol. The smallest absolute Gasteiger partial charge is 0.306 e. The molecule has 2 heterocycles. The van der Waals surface area contributed by atoms with Gasteiger partial charge in [-0.05, 0) is 26.1 Å². The van der Waals surface area contributed by atoms with Crippen LogP contribution in [0.1, 0.15) is 11.5 Å². The van der Waals surface area contributed by atoms with E-state index in [-0.39, 0.29) is 12.2 Å². The van der Waals surface area contributed by atoms with Gasteiger partial charge in [-0.15, -0.1) is 0 Å². The number of hydrogen-bond donors (Lipinski definition) is 1. The Balaban J connectivity index is 1.82. The number of aryl methyl sites for hydroxylation is 1. The zero-order valence-corrected chi connectivity index (χ0v) is 12.0. The van der Waals surface area contributed by atoms with Gasteiger partial charge in [-0.3, -0.25) is 19.7 Å². The van der Waals surface area contributed by atoms with Crippen molar-refractivity contribution < 1.29 is 14.4 Å². The van der Waals surface area contributed by atoms with Crippen LogP contribution in [0.2, 0.25) is 0 Å². The molecule has 0 saturated heterocycles. The molecule has 0 fully saturated rings. The molecular weight excluding hydrogens is 276 g/mol. The number of aliphatic hydroxyl groups excluding tert-OH is 1. The Morgan fingerprint density at radius 2 is 2.33 bits per heavy atom. The van der Waals surface area contributed by atoms with Crippen LogP contribution in [0.15, 0.2) is 28.9 Å². The maximum absolute atomic E-state index is 10.6. The molecule has 8 nitrogen and oxygen atoms in total. The van der Waals surface area contributed by atoms with E-state index in [9.17, 15) is 15.2 Å². The minimum absolute atomic E-state index is 0.0818. The Morgan fingerprint density at radius 3 is 2.90 bits per heavy atom. The van der Waals surface area contributed by atoms with E-state index in [0.717, 1.165) is 11.5 Å². The van der Waals surface area contributed by atoms with Crippen LogP contribution < -0.4 is 0 Å². The number of furan rings is 1. The summed E-state index contributed by atoms with van der Waals surface area (Å²) in [5.74, 6) is 1.68. The maximum atomic E-state index is 10.6. The van der Waals surface area contributed by atoms with Crippen molar-refractivity contribution in [3.05, 3.63) is 46.2 Å². The summed E-state index contributed by atoms with van der Waals surface area (Å²) in [6.07, 6.45) is 1.80. The fourth-order valence-corrected chi connectivity index (χ4v) is 2.08. The molecule has 2 aromatic heterocycles. The monoisotopic (exact) mass is 294 g/mol. The number of likely N-dealkylation sites (N-methyl/N-ethyl adjacent to an activating group) is 1. The van der Waals surface area contributed by atoms with Crippen molar-refractivity contribution in [2.75, 3.05) is 13.6 Å². The van der Waals surface area contributed by atoms with Gasteiger partial charge >= 0.3 is 5.69 Å². The Bertz CT molecular complexity index is 607. The molecular formula is C13H18N4O4. The first-order valence-corrected chi connectivity index (χ1v) is 6.53. The van der Waals surface area contributed by atoms with E-state index in [1.807, 2.05) is 31.0 Å². The quantitative estimate of drug-likeness (QED) is 0.608. The third-order valence-electron chi connectivity index (χ3n) is 2.97. The first-order valence-electron chi connectivity index (χ1n) is 6.53. The number of rotatable bonds is 7. The average Bonchev–Trinajstić information content (AvgIpc) is 2.98. The Kier molecular flexibility index (Phi) is 4.71. The third-order valence-corrected chi connectivity index (χ3v) is 2.97. The molecule has 1 unspecified atom stereocenters. The number of hydrogen-bond acceptors (Lipinski definition) is 6. The lowest BCUT2D eigenvalue weighted by Gasteiger charge is -2.19. The lowest BCUT2D eigenvalue weighted by Crippen LogP contribution is -2.31. The molecule has 0 amide bonds. The number of nitro groups is 1. The molecule has 8 heteroatoms. The zero-order valence-electron chi connectivity index (χ0n) is 12.0. The summed E-state index contributed by atoms with van der Waals surface area (Å²) < 4.78 is 6.84. The summed E-state index contributed by atoms with van der Waals surface area (Å²) in [6, 6.07) is 3.79. The molecule has 2 aromatic rings. The predicted octanol–water partition coefficient (Wildman–Crippen LogP) is 1.19. The minimum atomic E-state index is -0.675. The van der Waals surface area contributed by atoms with Gasteiger partial charge < -0.3 is 9.52 Å². The van der Waals surface area contributed by atoms with Gasteiger partial charge in [0.2, 0.25) is 0 Å². The Morgan fingerprint density at radius 1 is 1.57 bits per heavy atom. The molecule has 2 rings (SSSR count). The molecule has 0 aliphatic carbocycles. The fraction of sp³-hybridized carbons (Fsp3) is 0.462. The van der Waals surface area contributed by atoms with Gasteiger partial charge in [-0.1, -0.05) is 0 Å². The van der Waals surface area contributed by atoms with Crippen molar-refractivity contribution in [3.63, 3.8) is 0 Å². The van der Waals surface area contributed by atoms with Crippen molar-refractivity contribution in [1.82, 2.24) is 14.7 Å². The Labute approximate surface area is 121 Å². The highest BCUT2D eigenvalue weighted by Gasteiger charge is 2.14. The van der Waals surface area contributed by atoms with E-state index in [0.29, 0.717) is 13.1 Å². The van der Waals surface area contributed by atoms with Crippen molar-refractivity contribution in [3.8, 4) is 0 Å². The second-order valence-electron chi connectivity index (χ2n) is 5.04. The summed E-state index contributed by atoms with van der Waals surface area (Å²) in [6.45, 7) is 3.08. The molecule has 0 aliphatic rings. The molecule has 114 valence electrons. The van der Waals surface area contributed by atoms with Gasteiger partial charge in [-0.2, -0.15) is 5.10 Å². The number of aliphatic hydroxyl groups is 1. The van der Waals surface area contributed by atoms with E-state index in [2.05, 4.69) is 5.10 Å². The summed E-state index contributed by atoms with van der Waals surface area (Å²) in [7, 11) is 1.87. The summed E-state index contributed by atoms with van der Waals surface area (Å²) in [4.78, 5) is 12.0. The van der Waals surface area contributed by atoms with E-state index >= 15 is 0 Å². The van der Waals surface area contributed by atoms with Crippen LogP contribution in [0.5, 0.6) is 0 Å². The van der Waals surface area contributed by atoms with E-state index in [1.165, 1.54) is 17.1 Å². The van der Waals surface area contributed by atoms with Crippen LogP contribution in [0.4, 0.5) is 5.69 Å². The third kappa shape index (κ3) is 4.40. The summed E-state index contributed by atoms with van der Waals surface area (Å²) in [5.41, 5.74) is -0.0818. The normalized spacial score (nSPS) is 12.8. The minimum Gasteiger partial charge on any atom is -0.465 e. The highest BCUT2D eigenvalue weighted by Crippen LogP contribution is 2.10. The Hall–Kier alpha value is -2.19. The van der Waals surface area contributed by atoms with Crippen molar-refractivity contribution >= 4 is 5.69 Å². The van der Waals surface area contributed by atoms with E-state index < -0.39 is 11.0 Å². The van der Waals surface area contributed by atoms with Crippen LogP contribution in [-0.2, 0) is 13.1 Å².